The standard InChI is InChI=1S/C14H21FN2O.ClH/c1-4-14(5-2,9-16)17-13(18)11-7-6-10(3)8-12(11)15;/h6-8H,4-5,9,16H2,1-3H3,(H,17,18);1H. The summed E-state index contributed by atoms with van der Waals surface area (Å²) in [4.78, 5) is 12.1. The normalized spacial score (nSPS) is 10.8. The number of carbonyl (C=O) groups excluding carboxylic acids is 1. The van der Waals surface area contributed by atoms with Gasteiger partial charge >= 0.3 is 0 Å². The van der Waals surface area contributed by atoms with Gasteiger partial charge in [-0.2, -0.15) is 0 Å². The Bertz CT molecular complexity index is 425. The molecule has 0 bridgehead atoms. The highest BCUT2D eigenvalue weighted by molar-refractivity contribution is 5.95. The summed E-state index contributed by atoms with van der Waals surface area (Å²) in [5.74, 6) is -0.896. The molecule has 19 heavy (non-hydrogen) atoms. The Morgan fingerprint density at radius 2 is 1.95 bits per heavy atom. The van der Waals surface area contributed by atoms with Gasteiger partial charge in [-0.3, -0.25) is 4.79 Å². The molecular weight excluding hydrogens is 267 g/mol. The maximum atomic E-state index is 13.7. The summed E-state index contributed by atoms with van der Waals surface area (Å²) in [6.45, 7) is 6.05. The molecule has 0 atom stereocenters. The van der Waals surface area contributed by atoms with Gasteiger partial charge in [-0.25, -0.2) is 4.39 Å². The number of carbonyl (C=O) groups is 1. The minimum Gasteiger partial charge on any atom is -0.345 e. The summed E-state index contributed by atoms with van der Waals surface area (Å²) in [6, 6.07) is 4.59. The quantitative estimate of drug-likeness (QED) is 0.875. The lowest BCUT2D eigenvalue weighted by Gasteiger charge is -2.31. The Labute approximate surface area is 120 Å². The van der Waals surface area contributed by atoms with Gasteiger partial charge in [0.2, 0.25) is 0 Å². The number of benzene rings is 1. The summed E-state index contributed by atoms with van der Waals surface area (Å²) in [5.41, 5.74) is 6.12. The Morgan fingerprint density at radius 1 is 1.37 bits per heavy atom. The molecular formula is C14H22ClFN2O. The van der Waals surface area contributed by atoms with Gasteiger partial charge in [0, 0.05) is 6.54 Å². The molecule has 0 aliphatic carbocycles. The molecule has 0 aromatic heterocycles. The van der Waals surface area contributed by atoms with Gasteiger partial charge in [-0.05, 0) is 37.5 Å². The van der Waals surface area contributed by atoms with Crippen molar-refractivity contribution in [1.82, 2.24) is 5.32 Å². The van der Waals surface area contributed by atoms with Crippen molar-refractivity contribution >= 4 is 18.3 Å². The summed E-state index contributed by atoms with van der Waals surface area (Å²) in [7, 11) is 0. The average Bonchev–Trinajstić information content (AvgIpc) is 2.36. The van der Waals surface area contributed by atoms with E-state index in [0.717, 1.165) is 18.4 Å². The molecule has 0 saturated heterocycles. The average molecular weight is 289 g/mol. The van der Waals surface area contributed by atoms with Crippen LogP contribution < -0.4 is 11.1 Å². The molecule has 0 aliphatic heterocycles. The molecule has 0 saturated carbocycles. The molecule has 108 valence electrons. The topological polar surface area (TPSA) is 55.1 Å². The van der Waals surface area contributed by atoms with Crippen LogP contribution in [0.2, 0.25) is 0 Å². The second-order valence-electron chi connectivity index (χ2n) is 4.63. The highest BCUT2D eigenvalue weighted by atomic mass is 35.5. The SMILES string of the molecule is CCC(CC)(CN)NC(=O)c1ccc(C)cc1F.Cl. The van der Waals surface area contributed by atoms with Gasteiger partial charge in [0.15, 0.2) is 0 Å². The predicted octanol–water partition coefficient (Wildman–Crippen LogP) is 2.80. The van der Waals surface area contributed by atoms with Crippen LogP contribution in [-0.2, 0) is 0 Å². The van der Waals surface area contributed by atoms with Crippen molar-refractivity contribution in [3.63, 3.8) is 0 Å². The second-order valence-corrected chi connectivity index (χ2v) is 4.63. The number of aryl methyl sites for hydroxylation is 1. The van der Waals surface area contributed by atoms with Crippen molar-refractivity contribution < 1.29 is 9.18 Å². The van der Waals surface area contributed by atoms with Gasteiger partial charge in [0.05, 0.1) is 11.1 Å². The summed E-state index contributed by atoms with van der Waals surface area (Å²) >= 11 is 0. The van der Waals surface area contributed by atoms with E-state index in [2.05, 4.69) is 5.32 Å². The molecule has 3 N–H and O–H groups in total. The fraction of sp³-hybridized carbons (Fsp3) is 0.500. The van der Waals surface area contributed by atoms with E-state index < -0.39 is 17.3 Å². The molecule has 1 aromatic carbocycles. The van der Waals surface area contributed by atoms with Crippen molar-refractivity contribution in [2.45, 2.75) is 39.2 Å². The summed E-state index contributed by atoms with van der Waals surface area (Å²) < 4.78 is 13.7. The summed E-state index contributed by atoms with van der Waals surface area (Å²) in [6.07, 6.45) is 1.44. The number of nitrogens with one attached hydrogen (secondary N) is 1. The molecule has 0 heterocycles. The molecule has 1 aromatic rings. The molecule has 1 amide bonds. The third kappa shape index (κ3) is 4.18. The molecule has 3 nitrogen and oxygen atoms in total. The first-order valence-corrected chi connectivity index (χ1v) is 6.26. The van der Waals surface area contributed by atoms with Crippen molar-refractivity contribution in [3.8, 4) is 0 Å². The van der Waals surface area contributed by atoms with Crippen LogP contribution in [0, 0.1) is 12.7 Å². The molecule has 1 rings (SSSR count). The number of nitrogens with two attached hydrogens (primary N) is 1. The first-order valence-electron chi connectivity index (χ1n) is 6.26. The Kier molecular flexibility index (Phi) is 7.01. The number of rotatable bonds is 5. The van der Waals surface area contributed by atoms with Gasteiger partial charge < -0.3 is 11.1 Å². The van der Waals surface area contributed by atoms with E-state index in [9.17, 15) is 9.18 Å². The molecule has 0 aliphatic rings. The lowest BCUT2D eigenvalue weighted by Crippen LogP contribution is -2.53. The minimum atomic E-state index is -0.495. The van der Waals surface area contributed by atoms with E-state index in [1.54, 1.807) is 13.0 Å². The van der Waals surface area contributed by atoms with Crippen LogP contribution in [0.3, 0.4) is 0 Å². The van der Waals surface area contributed by atoms with E-state index in [-0.39, 0.29) is 18.0 Å². The van der Waals surface area contributed by atoms with E-state index in [1.807, 2.05) is 13.8 Å². The molecule has 5 heteroatoms. The monoisotopic (exact) mass is 288 g/mol. The maximum absolute atomic E-state index is 13.7. The van der Waals surface area contributed by atoms with Crippen LogP contribution in [-0.4, -0.2) is 18.0 Å². The molecule has 0 fully saturated rings. The van der Waals surface area contributed by atoms with Gasteiger partial charge in [0.25, 0.3) is 5.91 Å². The minimum absolute atomic E-state index is 0. The van der Waals surface area contributed by atoms with E-state index in [0.29, 0.717) is 6.54 Å². The highest BCUT2D eigenvalue weighted by Gasteiger charge is 2.27. The zero-order valence-electron chi connectivity index (χ0n) is 11.6. The largest absolute Gasteiger partial charge is 0.345 e. The highest BCUT2D eigenvalue weighted by Crippen LogP contribution is 2.16. The third-order valence-corrected chi connectivity index (χ3v) is 3.49. The van der Waals surface area contributed by atoms with Crippen molar-refractivity contribution in [2.24, 2.45) is 5.73 Å². The fourth-order valence-electron chi connectivity index (χ4n) is 1.88. The first kappa shape index (κ1) is 17.9. The Hall–Kier alpha value is -1.13. The Balaban J connectivity index is 0.00000324. The first-order chi connectivity index (χ1) is 8.48. The van der Waals surface area contributed by atoms with Gasteiger partial charge in [-0.1, -0.05) is 19.9 Å². The van der Waals surface area contributed by atoms with Crippen LogP contribution >= 0.6 is 12.4 Å². The van der Waals surface area contributed by atoms with Crippen LogP contribution in [0.4, 0.5) is 4.39 Å². The van der Waals surface area contributed by atoms with Crippen LogP contribution in [0.5, 0.6) is 0 Å². The van der Waals surface area contributed by atoms with Crippen molar-refractivity contribution in [2.75, 3.05) is 6.54 Å². The van der Waals surface area contributed by atoms with Gasteiger partial charge in [0.1, 0.15) is 5.82 Å². The van der Waals surface area contributed by atoms with Crippen molar-refractivity contribution in [1.29, 1.82) is 0 Å². The third-order valence-electron chi connectivity index (χ3n) is 3.49. The van der Waals surface area contributed by atoms with E-state index in [4.69, 9.17) is 5.73 Å². The number of halogens is 2. The van der Waals surface area contributed by atoms with Gasteiger partial charge in [-0.15, -0.1) is 12.4 Å². The molecule has 0 spiro atoms. The number of hydrogen-bond acceptors (Lipinski definition) is 2. The summed E-state index contributed by atoms with van der Waals surface area (Å²) in [5, 5.41) is 2.85. The molecule has 0 unspecified atom stereocenters. The zero-order chi connectivity index (χ0) is 13.8. The van der Waals surface area contributed by atoms with E-state index >= 15 is 0 Å². The van der Waals surface area contributed by atoms with Crippen LogP contribution in [0.25, 0.3) is 0 Å². The maximum Gasteiger partial charge on any atom is 0.254 e. The van der Waals surface area contributed by atoms with E-state index in [1.165, 1.54) is 12.1 Å². The number of amides is 1. The lowest BCUT2D eigenvalue weighted by molar-refractivity contribution is 0.0891. The van der Waals surface area contributed by atoms with Crippen molar-refractivity contribution in [3.05, 3.63) is 35.1 Å². The fourth-order valence-corrected chi connectivity index (χ4v) is 1.88. The zero-order valence-corrected chi connectivity index (χ0v) is 12.4. The predicted molar refractivity (Wildman–Crippen MR) is 78.2 cm³/mol. The molecule has 0 radical (unpaired) electrons. The smallest absolute Gasteiger partial charge is 0.254 e. The van der Waals surface area contributed by atoms with Crippen LogP contribution in [0.1, 0.15) is 42.6 Å². The Morgan fingerprint density at radius 3 is 2.37 bits per heavy atom. The van der Waals surface area contributed by atoms with Crippen LogP contribution in [0.15, 0.2) is 18.2 Å². The number of hydrogen-bond donors (Lipinski definition) is 2. The second kappa shape index (κ2) is 7.46. The lowest BCUT2D eigenvalue weighted by atomic mass is 9.92.